The highest BCUT2D eigenvalue weighted by molar-refractivity contribution is 5.92. The number of nitrogens with two attached hydrogens (primary N) is 1. The Hall–Kier alpha value is -1.73. The number of nitrogens with one attached hydrogen (secondary N) is 1. The first-order valence-corrected chi connectivity index (χ1v) is 6.97. The lowest BCUT2D eigenvalue weighted by molar-refractivity contribution is 0.0209. The van der Waals surface area contributed by atoms with Crippen LogP contribution >= 0.6 is 0 Å². The van der Waals surface area contributed by atoms with Crippen LogP contribution in [0.5, 0.6) is 0 Å². The van der Waals surface area contributed by atoms with Crippen molar-refractivity contribution in [2.75, 3.05) is 44.3 Å². The number of anilines is 1. The van der Waals surface area contributed by atoms with Crippen molar-refractivity contribution >= 4 is 11.7 Å². The molecule has 2 aliphatic heterocycles. The van der Waals surface area contributed by atoms with Gasteiger partial charge in [0.15, 0.2) is 0 Å². The number of rotatable bonds is 3. The van der Waals surface area contributed by atoms with Gasteiger partial charge < -0.3 is 15.4 Å². The van der Waals surface area contributed by atoms with Gasteiger partial charge in [-0.1, -0.05) is 0 Å². The lowest BCUT2D eigenvalue weighted by Crippen LogP contribution is -2.44. The van der Waals surface area contributed by atoms with E-state index in [1.165, 1.54) is 0 Å². The zero-order valence-electron chi connectivity index (χ0n) is 11.5. The maximum absolute atomic E-state index is 7.32. The zero-order valence-corrected chi connectivity index (χ0v) is 11.5. The van der Waals surface area contributed by atoms with Crippen LogP contribution in [-0.2, 0) is 4.74 Å². The van der Waals surface area contributed by atoms with Crippen LogP contribution in [0.15, 0.2) is 12.4 Å². The van der Waals surface area contributed by atoms with E-state index in [1.807, 2.05) is 0 Å². The first kappa shape index (κ1) is 13.3. The predicted octanol–water partition coefficient (Wildman–Crippen LogP) is -0.328. The summed E-state index contributed by atoms with van der Waals surface area (Å²) in [6.45, 7) is 5.69. The molecule has 0 radical (unpaired) electrons. The molecule has 7 heteroatoms. The molecule has 0 aliphatic carbocycles. The predicted molar refractivity (Wildman–Crippen MR) is 76.1 cm³/mol. The first-order chi connectivity index (χ1) is 9.74. The molecular weight excluding hydrogens is 256 g/mol. The summed E-state index contributed by atoms with van der Waals surface area (Å²) in [6, 6.07) is 0.577. The molecule has 3 rings (SSSR count). The van der Waals surface area contributed by atoms with Crippen LogP contribution in [0.4, 0.5) is 5.82 Å². The number of ether oxygens (including phenoxy) is 1. The van der Waals surface area contributed by atoms with Gasteiger partial charge in [-0.25, -0.2) is 9.97 Å². The van der Waals surface area contributed by atoms with Crippen LogP contribution < -0.4 is 10.6 Å². The van der Waals surface area contributed by atoms with Crippen molar-refractivity contribution in [3.05, 3.63) is 18.1 Å². The Morgan fingerprint density at radius 1 is 1.25 bits per heavy atom. The van der Waals surface area contributed by atoms with Crippen molar-refractivity contribution in [2.45, 2.75) is 12.5 Å². The Labute approximate surface area is 118 Å². The monoisotopic (exact) mass is 276 g/mol. The van der Waals surface area contributed by atoms with Gasteiger partial charge in [0.05, 0.1) is 25.6 Å². The Kier molecular flexibility index (Phi) is 3.79. The Bertz CT molecular complexity index is 470. The number of amidine groups is 1. The molecule has 1 aromatic heterocycles. The summed E-state index contributed by atoms with van der Waals surface area (Å²) < 4.78 is 5.40. The van der Waals surface area contributed by atoms with Crippen LogP contribution in [-0.4, -0.2) is 66.1 Å². The molecule has 7 nitrogen and oxygen atoms in total. The second kappa shape index (κ2) is 5.72. The second-order valence-corrected chi connectivity index (χ2v) is 5.21. The molecule has 1 unspecified atom stereocenters. The highest BCUT2D eigenvalue weighted by atomic mass is 16.5. The van der Waals surface area contributed by atoms with E-state index in [-0.39, 0.29) is 5.84 Å². The van der Waals surface area contributed by atoms with E-state index >= 15 is 0 Å². The first-order valence-electron chi connectivity index (χ1n) is 6.97. The molecule has 0 aromatic carbocycles. The summed E-state index contributed by atoms with van der Waals surface area (Å²) in [7, 11) is 0. The fraction of sp³-hybridized carbons (Fsp3) is 0.615. The normalized spacial score (nSPS) is 24.0. The van der Waals surface area contributed by atoms with E-state index in [0.29, 0.717) is 11.7 Å². The van der Waals surface area contributed by atoms with Gasteiger partial charge in [0.25, 0.3) is 0 Å². The van der Waals surface area contributed by atoms with Gasteiger partial charge in [-0.15, -0.1) is 0 Å². The molecular formula is C13H20N6O. The van der Waals surface area contributed by atoms with Crippen LogP contribution in [0.2, 0.25) is 0 Å². The van der Waals surface area contributed by atoms with Gasteiger partial charge in [-0.2, -0.15) is 0 Å². The molecule has 2 saturated heterocycles. The Morgan fingerprint density at radius 2 is 2.05 bits per heavy atom. The van der Waals surface area contributed by atoms with E-state index in [9.17, 15) is 0 Å². The molecule has 0 amide bonds. The molecule has 0 bridgehead atoms. The summed E-state index contributed by atoms with van der Waals surface area (Å²) in [4.78, 5) is 13.3. The number of aromatic nitrogens is 2. The van der Waals surface area contributed by atoms with Gasteiger partial charge in [0, 0.05) is 32.2 Å². The third-order valence-corrected chi connectivity index (χ3v) is 3.96. The van der Waals surface area contributed by atoms with E-state index in [2.05, 4.69) is 19.8 Å². The lowest BCUT2D eigenvalue weighted by atomic mass is 10.2. The largest absolute Gasteiger partial charge is 0.382 e. The van der Waals surface area contributed by atoms with E-state index in [4.69, 9.17) is 15.9 Å². The third-order valence-electron chi connectivity index (χ3n) is 3.96. The minimum Gasteiger partial charge on any atom is -0.382 e. The number of nitrogens with zero attached hydrogens (tertiary/aromatic N) is 4. The molecule has 20 heavy (non-hydrogen) atoms. The molecule has 1 atom stereocenters. The Morgan fingerprint density at radius 3 is 2.70 bits per heavy atom. The summed E-state index contributed by atoms with van der Waals surface area (Å²) in [5, 5.41) is 7.32. The SMILES string of the molecule is N=C(N)c1cnc(N2CCC(N3CCOCC3)C2)cn1. The summed E-state index contributed by atoms with van der Waals surface area (Å²) in [5.41, 5.74) is 5.81. The van der Waals surface area contributed by atoms with Crippen molar-refractivity contribution in [2.24, 2.45) is 5.73 Å². The minimum atomic E-state index is -0.0448. The number of nitrogen functional groups attached to an aromatic ring is 1. The molecule has 2 fully saturated rings. The smallest absolute Gasteiger partial charge is 0.147 e. The highest BCUT2D eigenvalue weighted by Crippen LogP contribution is 2.21. The Balaban J connectivity index is 1.62. The number of hydrogen-bond acceptors (Lipinski definition) is 6. The molecule has 0 spiro atoms. The topological polar surface area (TPSA) is 91.4 Å². The van der Waals surface area contributed by atoms with Crippen LogP contribution in [0, 0.1) is 5.41 Å². The molecule has 0 saturated carbocycles. The van der Waals surface area contributed by atoms with E-state index in [0.717, 1.165) is 51.6 Å². The summed E-state index contributed by atoms with van der Waals surface area (Å²) >= 11 is 0. The van der Waals surface area contributed by atoms with Crippen molar-refractivity contribution in [1.29, 1.82) is 5.41 Å². The number of hydrogen-bond donors (Lipinski definition) is 2. The van der Waals surface area contributed by atoms with E-state index in [1.54, 1.807) is 12.4 Å². The fourth-order valence-electron chi connectivity index (χ4n) is 2.81. The third kappa shape index (κ3) is 2.73. The quantitative estimate of drug-likeness (QED) is 0.580. The molecule has 3 N–H and O–H groups in total. The zero-order chi connectivity index (χ0) is 13.9. The number of morpholine rings is 1. The lowest BCUT2D eigenvalue weighted by Gasteiger charge is -2.32. The standard InChI is InChI=1S/C13H20N6O/c14-13(15)11-7-17-12(8-16-11)19-2-1-10(9-19)18-3-5-20-6-4-18/h7-8,10H,1-6,9H2,(H3,14,15). The molecule has 2 aliphatic rings. The van der Waals surface area contributed by atoms with Gasteiger partial charge >= 0.3 is 0 Å². The van der Waals surface area contributed by atoms with Crippen molar-refractivity contribution in [1.82, 2.24) is 14.9 Å². The molecule has 1 aromatic rings. The maximum Gasteiger partial charge on any atom is 0.147 e. The van der Waals surface area contributed by atoms with Crippen molar-refractivity contribution in [3.8, 4) is 0 Å². The van der Waals surface area contributed by atoms with E-state index < -0.39 is 0 Å². The van der Waals surface area contributed by atoms with Gasteiger partial charge in [-0.05, 0) is 6.42 Å². The highest BCUT2D eigenvalue weighted by Gasteiger charge is 2.29. The second-order valence-electron chi connectivity index (χ2n) is 5.21. The van der Waals surface area contributed by atoms with Gasteiger partial charge in [0.1, 0.15) is 17.3 Å². The summed E-state index contributed by atoms with van der Waals surface area (Å²) in [5.74, 6) is 0.822. The fourth-order valence-corrected chi connectivity index (χ4v) is 2.81. The van der Waals surface area contributed by atoms with Gasteiger partial charge in [-0.3, -0.25) is 10.3 Å². The molecule has 3 heterocycles. The van der Waals surface area contributed by atoms with Crippen molar-refractivity contribution < 1.29 is 4.74 Å². The average Bonchev–Trinajstić information content (AvgIpc) is 2.98. The van der Waals surface area contributed by atoms with Crippen LogP contribution in [0.1, 0.15) is 12.1 Å². The molecule has 108 valence electrons. The average molecular weight is 276 g/mol. The van der Waals surface area contributed by atoms with Gasteiger partial charge in [0.2, 0.25) is 0 Å². The van der Waals surface area contributed by atoms with Crippen LogP contribution in [0.25, 0.3) is 0 Å². The van der Waals surface area contributed by atoms with Crippen molar-refractivity contribution in [3.63, 3.8) is 0 Å². The summed E-state index contributed by atoms with van der Waals surface area (Å²) in [6.07, 6.45) is 4.42. The van der Waals surface area contributed by atoms with Crippen LogP contribution in [0.3, 0.4) is 0 Å². The maximum atomic E-state index is 7.32. The minimum absolute atomic E-state index is 0.0448.